The van der Waals surface area contributed by atoms with Crippen molar-refractivity contribution in [2.24, 2.45) is 0 Å². The number of pyridine rings is 1. The highest BCUT2D eigenvalue weighted by Crippen LogP contribution is 2.36. The first-order chi connectivity index (χ1) is 12.2. The maximum atomic E-state index is 6.00. The van der Waals surface area contributed by atoms with Crippen molar-refractivity contribution in [3.63, 3.8) is 0 Å². The van der Waals surface area contributed by atoms with Gasteiger partial charge in [-0.15, -0.1) is 12.4 Å². The summed E-state index contributed by atoms with van der Waals surface area (Å²) >= 11 is 0. The van der Waals surface area contributed by atoms with Gasteiger partial charge in [0.05, 0.1) is 24.8 Å². The lowest BCUT2D eigenvalue weighted by Crippen LogP contribution is -2.21. The number of nitrogens with zero attached hydrogens (tertiary/aromatic N) is 2. The van der Waals surface area contributed by atoms with Gasteiger partial charge >= 0.3 is 0 Å². The Morgan fingerprint density at radius 3 is 2.65 bits per heavy atom. The molecule has 0 spiro atoms. The van der Waals surface area contributed by atoms with E-state index in [-0.39, 0.29) is 12.4 Å². The molecule has 6 nitrogen and oxygen atoms in total. The van der Waals surface area contributed by atoms with E-state index in [4.69, 9.17) is 15.2 Å². The Balaban J connectivity index is 0.00000196. The fourth-order valence-corrected chi connectivity index (χ4v) is 3.57. The normalized spacial score (nSPS) is 14.7. The van der Waals surface area contributed by atoms with Gasteiger partial charge in [0.1, 0.15) is 5.82 Å². The summed E-state index contributed by atoms with van der Waals surface area (Å²) in [5.74, 6) is 2.01. The van der Waals surface area contributed by atoms with Crippen molar-refractivity contribution in [2.75, 3.05) is 39.1 Å². The molecular formula is C19H25ClN4O2. The van der Waals surface area contributed by atoms with Gasteiger partial charge in [-0.05, 0) is 38.4 Å². The highest BCUT2D eigenvalue weighted by atomic mass is 35.5. The minimum absolute atomic E-state index is 0. The van der Waals surface area contributed by atoms with Crippen molar-refractivity contribution in [1.82, 2.24) is 14.9 Å². The number of hydrogen-bond donors (Lipinski definition) is 2. The molecule has 26 heavy (non-hydrogen) atoms. The van der Waals surface area contributed by atoms with E-state index in [9.17, 15) is 0 Å². The van der Waals surface area contributed by atoms with Crippen molar-refractivity contribution in [1.29, 1.82) is 0 Å². The second kappa shape index (κ2) is 8.01. The number of aromatic amines is 1. The Bertz CT molecular complexity index is 890. The SMILES string of the molecule is COc1cc2c(cc1OCCCN1CCCC1)[nH]c1cc(N)ncc12.Cl. The van der Waals surface area contributed by atoms with Crippen molar-refractivity contribution in [3.05, 3.63) is 24.4 Å². The molecule has 1 saturated heterocycles. The Kier molecular flexibility index (Phi) is 5.74. The van der Waals surface area contributed by atoms with Gasteiger partial charge in [0.2, 0.25) is 0 Å². The summed E-state index contributed by atoms with van der Waals surface area (Å²) in [4.78, 5) is 10.1. The van der Waals surface area contributed by atoms with Gasteiger partial charge in [-0.2, -0.15) is 0 Å². The molecule has 1 fully saturated rings. The molecule has 140 valence electrons. The monoisotopic (exact) mass is 376 g/mol. The van der Waals surface area contributed by atoms with Crippen LogP contribution in [0.2, 0.25) is 0 Å². The van der Waals surface area contributed by atoms with Crippen LogP contribution in [0.3, 0.4) is 0 Å². The van der Waals surface area contributed by atoms with Crippen molar-refractivity contribution >= 4 is 40.0 Å². The first kappa shape index (κ1) is 18.6. The molecule has 0 atom stereocenters. The third kappa shape index (κ3) is 3.66. The quantitative estimate of drug-likeness (QED) is 0.643. The van der Waals surface area contributed by atoms with E-state index < -0.39 is 0 Å². The first-order valence-corrected chi connectivity index (χ1v) is 8.85. The van der Waals surface area contributed by atoms with Crippen LogP contribution < -0.4 is 15.2 Å². The van der Waals surface area contributed by atoms with Crippen LogP contribution >= 0.6 is 12.4 Å². The van der Waals surface area contributed by atoms with E-state index in [1.54, 1.807) is 13.3 Å². The number of nitrogens with two attached hydrogens (primary N) is 1. The van der Waals surface area contributed by atoms with Crippen LogP contribution in [0.4, 0.5) is 5.82 Å². The van der Waals surface area contributed by atoms with Gasteiger partial charge in [0, 0.05) is 35.6 Å². The summed E-state index contributed by atoms with van der Waals surface area (Å²) in [6.07, 6.45) is 5.46. The molecule has 0 radical (unpaired) electrons. The van der Waals surface area contributed by atoms with Gasteiger partial charge in [-0.1, -0.05) is 0 Å². The van der Waals surface area contributed by atoms with Crippen LogP contribution in [-0.2, 0) is 0 Å². The minimum Gasteiger partial charge on any atom is -0.493 e. The van der Waals surface area contributed by atoms with E-state index >= 15 is 0 Å². The lowest BCUT2D eigenvalue weighted by Gasteiger charge is -2.15. The van der Waals surface area contributed by atoms with Crippen LogP contribution in [0.5, 0.6) is 11.5 Å². The molecule has 3 heterocycles. The predicted molar refractivity (Wildman–Crippen MR) is 108 cm³/mol. The fraction of sp³-hybridized carbons (Fsp3) is 0.421. The third-order valence-corrected chi connectivity index (χ3v) is 4.86. The molecule has 2 aromatic heterocycles. The number of halogens is 1. The number of H-pyrrole nitrogens is 1. The molecule has 0 amide bonds. The number of aromatic nitrogens is 2. The molecule has 3 aromatic rings. The Hall–Kier alpha value is -2.18. The topological polar surface area (TPSA) is 76.4 Å². The summed E-state index contributed by atoms with van der Waals surface area (Å²) in [6.45, 7) is 4.23. The van der Waals surface area contributed by atoms with Crippen LogP contribution in [0, 0.1) is 0 Å². The Morgan fingerprint density at radius 2 is 1.88 bits per heavy atom. The zero-order valence-electron chi connectivity index (χ0n) is 15.0. The van der Waals surface area contributed by atoms with Crippen LogP contribution in [-0.4, -0.2) is 48.2 Å². The van der Waals surface area contributed by atoms with Crippen LogP contribution in [0.15, 0.2) is 24.4 Å². The van der Waals surface area contributed by atoms with E-state index in [0.717, 1.165) is 46.3 Å². The lowest BCUT2D eigenvalue weighted by molar-refractivity contribution is 0.254. The average Bonchev–Trinajstić information content (AvgIpc) is 3.24. The molecule has 4 rings (SSSR count). The Morgan fingerprint density at radius 1 is 1.12 bits per heavy atom. The number of likely N-dealkylation sites (tertiary alicyclic amines) is 1. The summed E-state index contributed by atoms with van der Waals surface area (Å²) < 4.78 is 11.5. The van der Waals surface area contributed by atoms with Crippen LogP contribution in [0.1, 0.15) is 19.3 Å². The summed E-state index contributed by atoms with van der Waals surface area (Å²) in [7, 11) is 1.67. The van der Waals surface area contributed by atoms with E-state index in [1.807, 2.05) is 18.2 Å². The summed E-state index contributed by atoms with van der Waals surface area (Å²) in [5.41, 5.74) is 7.75. The number of rotatable bonds is 6. The van der Waals surface area contributed by atoms with Gasteiger partial charge < -0.3 is 25.1 Å². The van der Waals surface area contributed by atoms with E-state index in [2.05, 4.69) is 14.9 Å². The number of nitrogen functional groups attached to an aromatic ring is 1. The largest absolute Gasteiger partial charge is 0.493 e. The molecule has 7 heteroatoms. The molecule has 1 aromatic carbocycles. The number of anilines is 1. The number of fused-ring (bicyclic) bond motifs is 3. The van der Waals surface area contributed by atoms with Crippen LogP contribution in [0.25, 0.3) is 21.8 Å². The zero-order valence-corrected chi connectivity index (χ0v) is 15.8. The zero-order chi connectivity index (χ0) is 17.2. The molecule has 0 unspecified atom stereocenters. The van der Waals surface area contributed by atoms with Gasteiger partial charge in [-0.25, -0.2) is 4.98 Å². The predicted octanol–water partition coefficient (Wildman–Crippen LogP) is 3.59. The van der Waals surface area contributed by atoms with Gasteiger partial charge in [-0.3, -0.25) is 0 Å². The average molecular weight is 377 g/mol. The smallest absolute Gasteiger partial charge is 0.163 e. The highest BCUT2D eigenvalue weighted by molar-refractivity contribution is 6.08. The molecule has 0 aliphatic carbocycles. The fourth-order valence-electron chi connectivity index (χ4n) is 3.57. The number of hydrogen-bond acceptors (Lipinski definition) is 5. The van der Waals surface area contributed by atoms with Gasteiger partial charge in [0.15, 0.2) is 11.5 Å². The molecule has 1 aliphatic heterocycles. The maximum absolute atomic E-state index is 6.00. The highest BCUT2D eigenvalue weighted by Gasteiger charge is 2.13. The summed E-state index contributed by atoms with van der Waals surface area (Å²) in [6, 6.07) is 5.85. The van der Waals surface area contributed by atoms with Crippen molar-refractivity contribution in [3.8, 4) is 11.5 Å². The number of nitrogens with one attached hydrogen (secondary N) is 1. The molecule has 1 aliphatic rings. The van der Waals surface area contributed by atoms with E-state index in [0.29, 0.717) is 12.4 Å². The lowest BCUT2D eigenvalue weighted by atomic mass is 10.2. The third-order valence-electron chi connectivity index (χ3n) is 4.86. The molecule has 0 bridgehead atoms. The second-order valence-electron chi connectivity index (χ2n) is 6.58. The summed E-state index contributed by atoms with van der Waals surface area (Å²) in [5, 5.41) is 2.09. The molecule has 3 N–H and O–H groups in total. The maximum Gasteiger partial charge on any atom is 0.163 e. The van der Waals surface area contributed by atoms with Gasteiger partial charge in [0.25, 0.3) is 0 Å². The minimum atomic E-state index is 0. The molecular weight excluding hydrogens is 352 g/mol. The standard InChI is InChI=1S/C19H24N4O2.ClH/c1-24-17-9-13-14-12-21-19(20)11-16(14)22-15(13)10-18(17)25-8-4-7-23-5-2-3-6-23;/h9-12,22H,2-8H2,1H3,(H2,20,21);1H. The second-order valence-corrected chi connectivity index (χ2v) is 6.58. The molecule has 0 saturated carbocycles. The number of methoxy groups -OCH3 is 1. The first-order valence-electron chi connectivity index (χ1n) is 8.85. The Labute approximate surface area is 159 Å². The van der Waals surface area contributed by atoms with Crippen molar-refractivity contribution in [2.45, 2.75) is 19.3 Å². The van der Waals surface area contributed by atoms with E-state index in [1.165, 1.54) is 25.9 Å². The van der Waals surface area contributed by atoms with Crippen molar-refractivity contribution < 1.29 is 9.47 Å². The number of benzene rings is 1. The number of ether oxygens (including phenoxy) is 2.